The van der Waals surface area contributed by atoms with Crippen LogP contribution in [0.2, 0.25) is 0 Å². The van der Waals surface area contributed by atoms with Gasteiger partial charge in [0.05, 0.1) is 12.5 Å². The number of fused-ring (bicyclic) bond motifs is 1. The molecular formula is C10H7FN2S. The summed E-state index contributed by atoms with van der Waals surface area (Å²) in [6.45, 7) is 0. The van der Waals surface area contributed by atoms with E-state index in [4.69, 9.17) is 11.0 Å². The lowest BCUT2D eigenvalue weighted by Crippen LogP contribution is -1.82. The standard InChI is InChI=1S/C10H7FN2S/c11-8-7-3-1-2-6(4-5-12)9(7)14-10(8)13/h1-3H,4,13H2. The quantitative estimate of drug-likeness (QED) is 0.779. The molecule has 0 spiro atoms. The highest BCUT2D eigenvalue weighted by Gasteiger charge is 2.11. The lowest BCUT2D eigenvalue weighted by atomic mass is 10.1. The predicted molar refractivity (Wildman–Crippen MR) is 55.5 cm³/mol. The van der Waals surface area contributed by atoms with Crippen molar-refractivity contribution < 1.29 is 4.39 Å². The molecule has 1 heterocycles. The maximum absolute atomic E-state index is 13.4. The van der Waals surface area contributed by atoms with E-state index in [0.717, 1.165) is 10.3 Å². The van der Waals surface area contributed by atoms with Crippen LogP contribution in [-0.4, -0.2) is 0 Å². The molecule has 0 bridgehead atoms. The third kappa shape index (κ3) is 1.22. The zero-order valence-corrected chi connectivity index (χ0v) is 8.07. The summed E-state index contributed by atoms with van der Waals surface area (Å²) in [4.78, 5) is 0. The summed E-state index contributed by atoms with van der Waals surface area (Å²) < 4.78 is 14.2. The minimum Gasteiger partial charge on any atom is -0.388 e. The van der Waals surface area contributed by atoms with Gasteiger partial charge in [-0.25, -0.2) is 4.39 Å². The minimum absolute atomic E-state index is 0.186. The monoisotopic (exact) mass is 206 g/mol. The Morgan fingerprint density at radius 1 is 1.50 bits per heavy atom. The number of rotatable bonds is 1. The van der Waals surface area contributed by atoms with Gasteiger partial charge in [-0.05, 0) is 5.56 Å². The molecule has 2 nitrogen and oxygen atoms in total. The lowest BCUT2D eigenvalue weighted by molar-refractivity contribution is 0.648. The van der Waals surface area contributed by atoms with E-state index in [9.17, 15) is 4.39 Å². The summed E-state index contributed by atoms with van der Waals surface area (Å²) in [7, 11) is 0. The number of nitrogens with two attached hydrogens (primary N) is 1. The maximum atomic E-state index is 13.4. The molecule has 0 aliphatic carbocycles. The van der Waals surface area contributed by atoms with Crippen molar-refractivity contribution >= 4 is 26.4 Å². The van der Waals surface area contributed by atoms with Crippen LogP contribution in [0, 0.1) is 17.1 Å². The second-order valence-corrected chi connectivity index (χ2v) is 3.96. The van der Waals surface area contributed by atoms with Gasteiger partial charge in [0.15, 0.2) is 5.82 Å². The first-order valence-electron chi connectivity index (χ1n) is 4.06. The van der Waals surface area contributed by atoms with Gasteiger partial charge in [-0.3, -0.25) is 0 Å². The van der Waals surface area contributed by atoms with Crippen LogP contribution >= 0.6 is 11.3 Å². The zero-order chi connectivity index (χ0) is 10.1. The average molecular weight is 206 g/mol. The smallest absolute Gasteiger partial charge is 0.165 e. The first-order valence-corrected chi connectivity index (χ1v) is 4.88. The molecule has 2 N–H and O–H groups in total. The largest absolute Gasteiger partial charge is 0.388 e. The summed E-state index contributed by atoms with van der Waals surface area (Å²) in [6.07, 6.45) is 0.288. The number of thiophene rings is 1. The first-order chi connectivity index (χ1) is 6.74. The Morgan fingerprint density at radius 3 is 3.00 bits per heavy atom. The lowest BCUT2D eigenvalue weighted by Gasteiger charge is -1.95. The molecule has 0 saturated heterocycles. The van der Waals surface area contributed by atoms with E-state index in [0.29, 0.717) is 5.39 Å². The van der Waals surface area contributed by atoms with Crippen molar-refractivity contribution in [2.24, 2.45) is 0 Å². The molecule has 14 heavy (non-hydrogen) atoms. The van der Waals surface area contributed by atoms with E-state index in [1.165, 1.54) is 11.3 Å². The normalized spacial score (nSPS) is 10.3. The Morgan fingerprint density at radius 2 is 2.29 bits per heavy atom. The van der Waals surface area contributed by atoms with Gasteiger partial charge in [0, 0.05) is 10.1 Å². The highest BCUT2D eigenvalue weighted by Crippen LogP contribution is 2.34. The van der Waals surface area contributed by atoms with Gasteiger partial charge in [-0.1, -0.05) is 18.2 Å². The third-order valence-electron chi connectivity index (χ3n) is 2.03. The molecule has 0 saturated carbocycles. The van der Waals surface area contributed by atoms with Crippen LogP contribution in [0.1, 0.15) is 5.56 Å². The fourth-order valence-corrected chi connectivity index (χ4v) is 2.35. The van der Waals surface area contributed by atoms with Gasteiger partial charge in [0.2, 0.25) is 0 Å². The number of nitriles is 1. The van der Waals surface area contributed by atoms with Crippen LogP contribution in [0.3, 0.4) is 0 Å². The molecule has 0 aliphatic rings. The van der Waals surface area contributed by atoms with E-state index >= 15 is 0 Å². The summed E-state index contributed by atoms with van der Waals surface area (Å²) in [5.74, 6) is -0.371. The van der Waals surface area contributed by atoms with Crippen molar-refractivity contribution in [3.05, 3.63) is 29.6 Å². The summed E-state index contributed by atoms with van der Waals surface area (Å²) in [6, 6.07) is 7.29. The van der Waals surface area contributed by atoms with Gasteiger partial charge < -0.3 is 5.73 Å². The summed E-state index contributed by atoms with van der Waals surface area (Å²) in [5.41, 5.74) is 6.32. The Kier molecular flexibility index (Phi) is 2.10. The second-order valence-electron chi connectivity index (χ2n) is 2.91. The molecule has 0 unspecified atom stereocenters. The van der Waals surface area contributed by atoms with E-state index in [-0.39, 0.29) is 17.2 Å². The molecule has 4 heteroatoms. The highest BCUT2D eigenvalue weighted by molar-refractivity contribution is 7.22. The van der Waals surface area contributed by atoms with Crippen LogP contribution in [0.4, 0.5) is 9.39 Å². The van der Waals surface area contributed by atoms with Crippen LogP contribution in [-0.2, 0) is 6.42 Å². The van der Waals surface area contributed by atoms with Crippen molar-refractivity contribution in [2.45, 2.75) is 6.42 Å². The Balaban J connectivity index is 2.76. The highest BCUT2D eigenvalue weighted by atomic mass is 32.1. The van der Waals surface area contributed by atoms with Crippen molar-refractivity contribution in [1.82, 2.24) is 0 Å². The molecule has 1 aromatic carbocycles. The molecule has 70 valence electrons. The molecule has 2 aromatic rings. The van der Waals surface area contributed by atoms with Gasteiger partial charge in [-0.15, -0.1) is 11.3 Å². The molecule has 2 rings (SSSR count). The van der Waals surface area contributed by atoms with Crippen molar-refractivity contribution in [3.8, 4) is 6.07 Å². The molecule has 0 atom stereocenters. The number of hydrogen-bond donors (Lipinski definition) is 1. The Labute approximate surface area is 84.4 Å². The number of nitrogens with zero attached hydrogens (tertiary/aromatic N) is 1. The van der Waals surface area contributed by atoms with Crippen molar-refractivity contribution in [2.75, 3.05) is 5.73 Å². The van der Waals surface area contributed by atoms with E-state index < -0.39 is 0 Å². The minimum atomic E-state index is -0.371. The molecule has 0 fully saturated rings. The number of anilines is 1. The molecule has 0 amide bonds. The fourth-order valence-electron chi connectivity index (χ4n) is 1.39. The second kappa shape index (κ2) is 3.28. The van der Waals surface area contributed by atoms with E-state index in [2.05, 4.69) is 0 Å². The SMILES string of the molecule is N#CCc1cccc2c(F)c(N)sc12. The number of hydrogen-bond acceptors (Lipinski definition) is 3. The zero-order valence-electron chi connectivity index (χ0n) is 7.25. The molecular weight excluding hydrogens is 199 g/mol. The fraction of sp³-hybridized carbons (Fsp3) is 0.100. The Bertz CT molecular complexity index is 525. The molecule has 0 aliphatic heterocycles. The van der Waals surface area contributed by atoms with Gasteiger partial charge in [-0.2, -0.15) is 5.26 Å². The maximum Gasteiger partial charge on any atom is 0.165 e. The number of halogens is 1. The van der Waals surface area contributed by atoms with E-state index in [1.54, 1.807) is 12.1 Å². The van der Waals surface area contributed by atoms with Crippen molar-refractivity contribution in [1.29, 1.82) is 5.26 Å². The first kappa shape index (κ1) is 8.97. The van der Waals surface area contributed by atoms with Gasteiger partial charge in [0.25, 0.3) is 0 Å². The van der Waals surface area contributed by atoms with Crippen LogP contribution < -0.4 is 5.73 Å². The van der Waals surface area contributed by atoms with Crippen molar-refractivity contribution in [3.63, 3.8) is 0 Å². The van der Waals surface area contributed by atoms with Gasteiger partial charge in [0.1, 0.15) is 5.00 Å². The topological polar surface area (TPSA) is 49.8 Å². The summed E-state index contributed by atoms with van der Waals surface area (Å²) >= 11 is 1.20. The molecule has 0 radical (unpaired) electrons. The predicted octanol–water partition coefficient (Wildman–Crippen LogP) is 2.69. The third-order valence-corrected chi connectivity index (χ3v) is 3.12. The van der Waals surface area contributed by atoms with Crippen LogP contribution in [0.5, 0.6) is 0 Å². The summed E-state index contributed by atoms with van der Waals surface area (Å²) in [5, 5.41) is 9.28. The van der Waals surface area contributed by atoms with Gasteiger partial charge >= 0.3 is 0 Å². The van der Waals surface area contributed by atoms with Crippen LogP contribution in [0.15, 0.2) is 18.2 Å². The number of benzene rings is 1. The van der Waals surface area contributed by atoms with E-state index in [1.807, 2.05) is 12.1 Å². The van der Waals surface area contributed by atoms with Crippen LogP contribution in [0.25, 0.3) is 10.1 Å². The Hall–Kier alpha value is -1.60. The number of nitrogen functional groups attached to an aromatic ring is 1. The average Bonchev–Trinajstić information content (AvgIpc) is 2.46. The molecule has 1 aromatic heterocycles.